The molecule has 3 heteroatoms. The van der Waals surface area contributed by atoms with Crippen molar-refractivity contribution in [2.24, 2.45) is 0 Å². The number of hydrogen-bond acceptors (Lipinski definition) is 1. The molecule has 0 atom stereocenters. The minimum atomic E-state index is -0.458. The molecule has 0 amide bonds. The highest BCUT2D eigenvalue weighted by atomic mass is 19.1. The van der Waals surface area contributed by atoms with Crippen molar-refractivity contribution in [2.45, 2.75) is 0 Å². The first kappa shape index (κ1) is 9.09. The van der Waals surface area contributed by atoms with Gasteiger partial charge in [-0.25, -0.2) is 4.98 Å². The van der Waals surface area contributed by atoms with Crippen LogP contribution in [0.15, 0.2) is 48.7 Å². The van der Waals surface area contributed by atoms with Crippen LogP contribution in [0.2, 0.25) is 0 Å². The molecular weight excluding hydrogens is 203 g/mol. The summed E-state index contributed by atoms with van der Waals surface area (Å²) in [6.45, 7) is 0. The van der Waals surface area contributed by atoms with Gasteiger partial charge in [0.1, 0.15) is 0 Å². The lowest BCUT2D eigenvalue weighted by Crippen LogP contribution is -1.83. The van der Waals surface area contributed by atoms with Crippen LogP contribution in [-0.4, -0.2) is 9.97 Å². The lowest BCUT2D eigenvalue weighted by atomic mass is 10.2. The molecule has 2 heterocycles. The van der Waals surface area contributed by atoms with Crippen molar-refractivity contribution in [3.8, 4) is 11.3 Å². The fourth-order valence-electron chi connectivity index (χ4n) is 1.76. The topological polar surface area (TPSA) is 28.7 Å². The number of para-hydroxylation sites is 1. The third-order valence-corrected chi connectivity index (χ3v) is 2.57. The average molecular weight is 212 g/mol. The summed E-state index contributed by atoms with van der Waals surface area (Å²) in [5, 5.41) is 1.14. The largest absolute Gasteiger partial charge is 0.354 e. The van der Waals surface area contributed by atoms with E-state index in [9.17, 15) is 4.39 Å². The van der Waals surface area contributed by atoms with Gasteiger partial charge in [-0.15, -0.1) is 0 Å². The number of pyridine rings is 1. The first-order valence-electron chi connectivity index (χ1n) is 5.02. The summed E-state index contributed by atoms with van der Waals surface area (Å²) in [7, 11) is 0. The van der Waals surface area contributed by atoms with Gasteiger partial charge in [0, 0.05) is 28.4 Å². The molecule has 0 saturated carbocycles. The van der Waals surface area contributed by atoms with Gasteiger partial charge < -0.3 is 4.98 Å². The Labute approximate surface area is 91.8 Å². The van der Waals surface area contributed by atoms with Crippen molar-refractivity contribution in [1.29, 1.82) is 0 Å². The predicted octanol–water partition coefficient (Wildman–Crippen LogP) is 3.37. The summed E-state index contributed by atoms with van der Waals surface area (Å²) in [5.41, 5.74) is 2.91. The van der Waals surface area contributed by atoms with Crippen molar-refractivity contribution >= 4 is 10.9 Å². The smallest absolute Gasteiger partial charge is 0.212 e. The number of aromatic amines is 1. The zero-order valence-electron chi connectivity index (χ0n) is 8.44. The molecule has 3 aromatic rings. The second-order valence-corrected chi connectivity index (χ2v) is 3.64. The standard InChI is InChI=1S/C13H9FN2/c14-13-6-5-10(8-15-13)12-7-9-3-1-2-4-11(9)16-12/h1-8,16H. The molecule has 0 saturated heterocycles. The van der Waals surface area contributed by atoms with Crippen molar-refractivity contribution in [3.05, 3.63) is 54.6 Å². The average Bonchev–Trinajstić information content (AvgIpc) is 2.73. The van der Waals surface area contributed by atoms with E-state index in [1.807, 2.05) is 30.3 Å². The highest BCUT2D eigenvalue weighted by Crippen LogP contribution is 2.23. The van der Waals surface area contributed by atoms with Crippen molar-refractivity contribution in [2.75, 3.05) is 0 Å². The molecule has 2 nitrogen and oxygen atoms in total. The van der Waals surface area contributed by atoms with Crippen LogP contribution >= 0.6 is 0 Å². The molecule has 16 heavy (non-hydrogen) atoms. The minimum absolute atomic E-state index is 0.458. The second-order valence-electron chi connectivity index (χ2n) is 3.64. The SMILES string of the molecule is Fc1ccc(-c2cc3ccccc3[nH]2)cn1. The lowest BCUT2D eigenvalue weighted by molar-refractivity contribution is 0.584. The minimum Gasteiger partial charge on any atom is -0.354 e. The third-order valence-electron chi connectivity index (χ3n) is 2.57. The van der Waals surface area contributed by atoms with Crippen LogP contribution in [0.25, 0.3) is 22.2 Å². The Morgan fingerprint density at radius 2 is 1.94 bits per heavy atom. The van der Waals surface area contributed by atoms with Crippen molar-refractivity contribution < 1.29 is 4.39 Å². The number of benzene rings is 1. The quantitative estimate of drug-likeness (QED) is 0.615. The Morgan fingerprint density at radius 3 is 2.69 bits per heavy atom. The number of hydrogen-bond donors (Lipinski definition) is 1. The molecular formula is C13H9FN2. The molecule has 0 bridgehead atoms. The van der Waals surface area contributed by atoms with Gasteiger partial charge >= 0.3 is 0 Å². The van der Waals surface area contributed by atoms with E-state index < -0.39 is 5.95 Å². The van der Waals surface area contributed by atoms with Crippen LogP contribution in [-0.2, 0) is 0 Å². The fourth-order valence-corrected chi connectivity index (χ4v) is 1.76. The van der Waals surface area contributed by atoms with Gasteiger partial charge in [0.15, 0.2) is 0 Å². The van der Waals surface area contributed by atoms with E-state index in [0.29, 0.717) is 0 Å². The number of rotatable bonds is 1. The van der Waals surface area contributed by atoms with Crippen molar-refractivity contribution in [3.63, 3.8) is 0 Å². The normalized spacial score (nSPS) is 10.8. The molecule has 3 rings (SSSR count). The molecule has 0 spiro atoms. The van der Waals surface area contributed by atoms with Gasteiger partial charge in [0.2, 0.25) is 5.95 Å². The number of nitrogens with one attached hydrogen (secondary N) is 1. The molecule has 1 aromatic carbocycles. The zero-order chi connectivity index (χ0) is 11.0. The Morgan fingerprint density at radius 1 is 1.06 bits per heavy atom. The Balaban J connectivity index is 2.15. The van der Waals surface area contributed by atoms with E-state index in [1.165, 1.54) is 12.3 Å². The van der Waals surface area contributed by atoms with E-state index >= 15 is 0 Å². The van der Waals surface area contributed by atoms with Gasteiger partial charge in [0.05, 0.1) is 0 Å². The van der Waals surface area contributed by atoms with Crippen LogP contribution in [0.1, 0.15) is 0 Å². The lowest BCUT2D eigenvalue weighted by Gasteiger charge is -1.95. The van der Waals surface area contributed by atoms with Gasteiger partial charge in [-0.2, -0.15) is 4.39 Å². The van der Waals surface area contributed by atoms with E-state index in [0.717, 1.165) is 22.2 Å². The summed E-state index contributed by atoms with van der Waals surface area (Å²) in [5.74, 6) is -0.458. The van der Waals surface area contributed by atoms with Crippen LogP contribution in [0.4, 0.5) is 4.39 Å². The molecule has 0 radical (unpaired) electrons. The van der Waals surface area contributed by atoms with Gasteiger partial charge in [-0.1, -0.05) is 18.2 Å². The van der Waals surface area contributed by atoms with E-state index in [-0.39, 0.29) is 0 Å². The maximum Gasteiger partial charge on any atom is 0.212 e. The first-order valence-corrected chi connectivity index (χ1v) is 5.02. The Bertz CT molecular complexity index is 593. The number of nitrogens with zero attached hydrogens (tertiary/aromatic N) is 1. The highest BCUT2D eigenvalue weighted by Gasteiger charge is 2.03. The van der Waals surface area contributed by atoms with Gasteiger partial charge in [-0.05, 0) is 24.3 Å². The van der Waals surface area contributed by atoms with Crippen LogP contribution in [0, 0.1) is 5.95 Å². The molecule has 0 unspecified atom stereocenters. The third kappa shape index (κ3) is 1.46. The molecule has 78 valence electrons. The van der Waals surface area contributed by atoms with Crippen LogP contribution in [0.3, 0.4) is 0 Å². The maximum absolute atomic E-state index is 12.7. The van der Waals surface area contributed by atoms with Gasteiger partial charge in [0.25, 0.3) is 0 Å². The van der Waals surface area contributed by atoms with E-state index in [2.05, 4.69) is 9.97 Å². The van der Waals surface area contributed by atoms with Crippen LogP contribution < -0.4 is 0 Å². The number of H-pyrrole nitrogens is 1. The predicted molar refractivity (Wildman–Crippen MR) is 61.5 cm³/mol. The van der Waals surface area contributed by atoms with Gasteiger partial charge in [-0.3, -0.25) is 0 Å². The van der Waals surface area contributed by atoms with E-state index in [4.69, 9.17) is 0 Å². The molecule has 0 fully saturated rings. The zero-order valence-corrected chi connectivity index (χ0v) is 8.44. The summed E-state index contributed by atoms with van der Waals surface area (Å²) < 4.78 is 12.7. The molecule has 0 aliphatic rings. The second kappa shape index (κ2) is 3.45. The number of fused-ring (bicyclic) bond motifs is 1. The monoisotopic (exact) mass is 212 g/mol. The molecule has 2 aromatic heterocycles. The summed E-state index contributed by atoms with van der Waals surface area (Å²) in [6.07, 6.45) is 1.53. The molecule has 1 N–H and O–H groups in total. The first-order chi connectivity index (χ1) is 7.83. The Kier molecular flexibility index (Phi) is 1.96. The molecule has 0 aliphatic heterocycles. The summed E-state index contributed by atoms with van der Waals surface area (Å²) in [6, 6.07) is 13.1. The summed E-state index contributed by atoms with van der Waals surface area (Å²) >= 11 is 0. The number of aromatic nitrogens is 2. The highest BCUT2D eigenvalue weighted by molar-refractivity contribution is 5.85. The number of halogens is 1. The maximum atomic E-state index is 12.7. The van der Waals surface area contributed by atoms with Crippen molar-refractivity contribution in [1.82, 2.24) is 9.97 Å². The van der Waals surface area contributed by atoms with Crippen LogP contribution in [0.5, 0.6) is 0 Å². The molecule has 0 aliphatic carbocycles. The summed E-state index contributed by atoms with van der Waals surface area (Å²) in [4.78, 5) is 6.91. The Hall–Kier alpha value is -2.16. The fraction of sp³-hybridized carbons (Fsp3) is 0. The van der Waals surface area contributed by atoms with E-state index in [1.54, 1.807) is 6.07 Å².